The van der Waals surface area contributed by atoms with Gasteiger partial charge < -0.3 is 57.2 Å². The van der Waals surface area contributed by atoms with Crippen molar-refractivity contribution >= 4 is 38.2 Å². The third-order valence-corrected chi connectivity index (χ3v) is 18.0. The molecule has 87 heavy (non-hydrogen) atoms. The normalized spacial score (nSPS) is 18.9. The monoisotopic (exact) mass is 1230 g/mol. The fourth-order valence-electron chi connectivity index (χ4n) is 11.5. The van der Waals surface area contributed by atoms with E-state index in [2.05, 4.69) is 80.1 Å². The van der Waals surface area contributed by atoms with Gasteiger partial charge in [0.1, 0.15) is 35.9 Å². The first kappa shape index (κ1) is 72.0. The first-order chi connectivity index (χ1) is 41.9. The third kappa shape index (κ3) is 23.0. The molecule has 3 aromatic carbocycles. The minimum absolute atomic E-state index is 0.133. The molecule has 0 bridgehead atoms. The van der Waals surface area contributed by atoms with Crippen LogP contribution in [-0.2, 0) is 67.0 Å². The molecule has 20 heteroatoms. The van der Waals surface area contributed by atoms with E-state index < -0.39 is 74.0 Å². The predicted octanol–water partition coefficient (Wildman–Crippen LogP) is 12.0. The number of nitrogens with one attached hydrogen (secondary N) is 1. The van der Waals surface area contributed by atoms with Gasteiger partial charge in [-0.2, -0.15) is 5.26 Å². The van der Waals surface area contributed by atoms with Crippen LogP contribution >= 0.6 is 8.53 Å². The maximum atomic E-state index is 13.9. The van der Waals surface area contributed by atoms with Gasteiger partial charge in [-0.3, -0.25) is 24.0 Å². The predicted molar refractivity (Wildman–Crippen MR) is 332 cm³/mol. The number of piperidine rings is 1. The summed E-state index contributed by atoms with van der Waals surface area (Å²) in [4.78, 5) is 64.1. The summed E-state index contributed by atoms with van der Waals surface area (Å²) < 4.78 is 62.8. The Balaban J connectivity index is 1.09. The number of ether oxygens (including phenoxy) is 8. The number of hydrogen-bond acceptors (Lipinski definition) is 17. The van der Waals surface area contributed by atoms with Crippen LogP contribution in [0.1, 0.15) is 181 Å². The molecular weight excluding hydrogens is 1130 g/mol. The lowest BCUT2D eigenvalue weighted by molar-refractivity contribution is -0.277. The van der Waals surface area contributed by atoms with E-state index in [1.807, 2.05) is 47.4 Å². The molecule has 2 aliphatic rings. The number of rotatable bonds is 39. The zero-order chi connectivity index (χ0) is 63.2. The second-order valence-corrected chi connectivity index (χ2v) is 24.9. The molecule has 2 heterocycles. The van der Waals surface area contributed by atoms with Crippen molar-refractivity contribution in [3.8, 4) is 17.6 Å². The molecule has 0 saturated carbocycles. The lowest BCUT2D eigenvalue weighted by Gasteiger charge is -2.45. The van der Waals surface area contributed by atoms with E-state index >= 15 is 0 Å². The van der Waals surface area contributed by atoms with Crippen molar-refractivity contribution in [2.24, 2.45) is 5.41 Å². The molecule has 2 fully saturated rings. The first-order valence-corrected chi connectivity index (χ1v) is 32.5. The van der Waals surface area contributed by atoms with Crippen LogP contribution in [0.3, 0.4) is 0 Å². The van der Waals surface area contributed by atoms with Crippen LogP contribution in [0.2, 0.25) is 0 Å². The summed E-state index contributed by atoms with van der Waals surface area (Å²) in [6, 6.07) is 27.9. The minimum atomic E-state index is -1.53. The molecule has 6 atom stereocenters. The Bertz CT molecular complexity index is 2500. The Hall–Kier alpha value is -5.71. The smallest absolute Gasteiger partial charge is 0.303 e. The van der Waals surface area contributed by atoms with E-state index in [1.54, 1.807) is 14.2 Å². The molecule has 6 unspecified atom stereocenters. The Morgan fingerprint density at radius 2 is 1.17 bits per heavy atom. The van der Waals surface area contributed by atoms with Gasteiger partial charge in [0, 0.05) is 71.3 Å². The Morgan fingerprint density at radius 3 is 1.66 bits per heavy atom. The molecule has 2 amide bonds. The van der Waals surface area contributed by atoms with Gasteiger partial charge in [0.25, 0.3) is 8.53 Å². The summed E-state index contributed by atoms with van der Waals surface area (Å²) in [6.07, 6.45) is 11.5. The van der Waals surface area contributed by atoms with Gasteiger partial charge >= 0.3 is 17.9 Å². The molecule has 482 valence electrons. The molecule has 0 spiro atoms. The summed E-state index contributed by atoms with van der Waals surface area (Å²) in [5.74, 6) is -0.645. The van der Waals surface area contributed by atoms with Crippen molar-refractivity contribution in [3.63, 3.8) is 0 Å². The van der Waals surface area contributed by atoms with Gasteiger partial charge in [-0.05, 0) is 94.3 Å². The lowest BCUT2D eigenvalue weighted by Crippen LogP contribution is -2.66. The van der Waals surface area contributed by atoms with Crippen molar-refractivity contribution in [3.05, 3.63) is 95.6 Å². The summed E-state index contributed by atoms with van der Waals surface area (Å²) in [7, 11) is 1.79. The molecule has 19 nitrogen and oxygen atoms in total. The number of carbonyl (C=O) groups is 5. The standard InChI is InChI=1S/C67H99N4O15P/c1-49(2)71(50(3)4)87(82-45-27-41-68)83-48-66(47-81-67(55-28-23-22-24-29-55,56-31-35-58(77-9)36-32-56)57-33-37-59(78-10)38-34-57)39-42-70(43-40-66)61(76)30-25-20-18-16-14-12-11-13-15-17-19-21-26-44-79-65-62(69-51(5)72)64(85-54(8)75)63(84-53(7)74)60(86-65)46-80-52(6)73/h22-24,28-29,31-38,49-50,60,62-65H,11-21,25-27,30,39-40,42-48H2,1-10H3,(H,69,72). The number of unbranched alkanes of at least 4 members (excludes halogenated alkanes) is 12. The highest BCUT2D eigenvalue weighted by Gasteiger charge is 2.51. The molecule has 0 aliphatic carbocycles. The number of amides is 2. The topological polar surface area (TPSA) is 220 Å². The average Bonchev–Trinajstić information content (AvgIpc) is 1.32. The van der Waals surface area contributed by atoms with E-state index in [0.29, 0.717) is 52.2 Å². The maximum absolute atomic E-state index is 13.9. The largest absolute Gasteiger partial charge is 0.497 e. The van der Waals surface area contributed by atoms with Crippen LogP contribution in [0.5, 0.6) is 11.5 Å². The molecule has 1 N–H and O–H groups in total. The fraction of sp³-hybridized carbons (Fsp3) is 0.642. The molecule has 0 radical (unpaired) electrons. The second kappa shape index (κ2) is 38.0. The van der Waals surface area contributed by atoms with E-state index in [9.17, 15) is 29.2 Å². The van der Waals surface area contributed by atoms with Crippen LogP contribution in [-0.4, -0.2) is 142 Å². The minimum Gasteiger partial charge on any atom is -0.497 e. The van der Waals surface area contributed by atoms with Crippen LogP contribution in [0, 0.1) is 16.7 Å². The first-order valence-electron chi connectivity index (χ1n) is 31.4. The highest BCUT2D eigenvalue weighted by atomic mass is 31.2. The van der Waals surface area contributed by atoms with E-state index in [4.69, 9.17) is 46.9 Å². The quantitative estimate of drug-likeness (QED) is 0.0184. The SMILES string of the molecule is COc1ccc(C(OCC2(COP(OCCC#N)N(C(C)C)C(C)C)CCN(C(=O)CCCCCCCCCCCCCCCOC3OC(COC(C)=O)C(OC(C)=O)C(OC(C)=O)C3NC(C)=O)CC2)(c2ccccc2)c2ccc(OC)cc2)cc1. The van der Waals surface area contributed by atoms with Crippen molar-refractivity contribution in [1.82, 2.24) is 14.9 Å². The number of nitrogens with zero attached hydrogens (tertiary/aromatic N) is 3. The van der Waals surface area contributed by atoms with Crippen molar-refractivity contribution in [2.75, 3.05) is 60.3 Å². The third-order valence-electron chi connectivity index (χ3n) is 16.0. The zero-order valence-electron chi connectivity index (χ0n) is 53.4. The van der Waals surface area contributed by atoms with Gasteiger partial charge in [0.15, 0.2) is 18.5 Å². The highest BCUT2D eigenvalue weighted by molar-refractivity contribution is 7.44. The van der Waals surface area contributed by atoms with Gasteiger partial charge in [-0.25, -0.2) is 4.67 Å². The number of hydrogen-bond donors (Lipinski definition) is 1. The van der Waals surface area contributed by atoms with Crippen molar-refractivity contribution in [2.45, 2.75) is 213 Å². The number of benzene rings is 3. The number of esters is 3. The lowest BCUT2D eigenvalue weighted by atomic mass is 9.77. The van der Waals surface area contributed by atoms with Crippen LogP contribution in [0.4, 0.5) is 0 Å². The van der Waals surface area contributed by atoms with Crippen molar-refractivity contribution in [1.29, 1.82) is 5.26 Å². The summed E-state index contributed by atoms with van der Waals surface area (Å²) in [5, 5.41) is 12.2. The van der Waals surface area contributed by atoms with Crippen LogP contribution in [0.25, 0.3) is 0 Å². The summed E-state index contributed by atoms with van der Waals surface area (Å²) >= 11 is 0. The van der Waals surface area contributed by atoms with Gasteiger partial charge in [-0.1, -0.05) is 125 Å². The van der Waals surface area contributed by atoms with Crippen molar-refractivity contribution < 1.29 is 70.9 Å². The maximum Gasteiger partial charge on any atom is 0.303 e. The average molecular weight is 1230 g/mol. The molecule has 2 aliphatic heterocycles. The molecule has 0 aromatic heterocycles. The van der Waals surface area contributed by atoms with Crippen LogP contribution < -0.4 is 14.8 Å². The molecule has 2 saturated heterocycles. The number of likely N-dealkylation sites (tertiary alicyclic amines) is 1. The molecule has 5 rings (SSSR count). The van der Waals surface area contributed by atoms with Gasteiger partial charge in [-0.15, -0.1) is 0 Å². The van der Waals surface area contributed by atoms with E-state index in [1.165, 1.54) is 53.4 Å². The Morgan fingerprint density at radius 1 is 0.667 bits per heavy atom. The fourth-order valence-corrected chi connectivity index (χ4v) is 13.2. The highest BCUT2D eigenvalue weighted by Crippen LogP contribution is 2.50. The van der Waals surface area contributed by atoms with Crippen LogP contribution in [0.15, 0.2) is 78.9 Å². The number of methoxy groups -OCH3 is 2. The Kier molecular flexibility index (Phi) is 31.4. The summed E-state index contributed by atoms with van der Waals surface area (Å²) in [6.45, 7) is 15.6. The molecular formula is C67H99N4O15P. The number of carbonyl (C=O) groups excluding carboxylic acids is 5. The molecule has 3 aromatic rings. The van der Waals surface area contributed by atoms with E-state index in [-0.39, 0.29) is 37.6 Å². The second-order valence-electron chi connectivity index (χ2n) is 23.4. The number of nitriles is 1. The summed E-state index contributed by atoms with van der Waals surface area (Å²) in [5.41, 5.74) is 1.29. The van der Waals surface area contributed by atoms with E-state index in [0.717, 1.165) is 86.0 Å². The van der Waals surface area contributed by atoms with Gasteiger partial charge in [0.05, 0.1) is 46.5 Å². The zero-order valence-corrected chi connectivity index (χ0v) is 54.3. The van der Waals surface area contributed by atoms with Gasteiger partial charge in [0.2, 0.25) is 11.8 Å². The Labute approximate surface area is 519 Å².